The molecule has 0 aliphatic rings. The van der Waals surface area contributed by atoms with Crippen molar-refractivity contribution in [2.45, 2.75) is 464 Å². The Morgan fingerprint density at radius 1 is 0.265 bits per heavy atom. The lowest BCUT2D eigenvalue weighted by atomic mass is 10.0. The summed E-state index contributed by atoms with van der Waals surface area (Å²) in [7, 11) is -9.92. The maximum absolute atomic E-state index is 13.1. The zero-order valence-electron chi connectivity index (χ0n) is 66.8. The third-order valence-electron chi connectivity index (χ3n) is 19.5. The number of unbranched alkanes of at least 4 members (excludes halogenated alkanes) is 55. The lowest BCUT2D eigenvalue weighted by molar-refractivity contribution is -0.161. The SMILES string of the molecule is CCCCCCCCCCCCCCCCCCCC(=O)OC[C@H](COP(=O)(O)OC[C@@H](O)COP(=O)(O)OC[C@@H](COC(=O)CCCCCCCCCCCC)OC(=O)CCCCCCCCCCCCCCCCCC)OC(=O)CCCCCCCCCCCCCCCCCCC(C)C. The van der Waals surface area contributed by atoms with Gasteiger partial charge in [-0.25, -0.2) is 9.13 Å². The molecule has 0 saturated carbocycles. The van der Waals surface area contributed by atoms with Crippen molar-refractivity contribution in [3.63, 3.8) is 0 Å². The summed E-state index contributed by atoms with van der Waals surface area (Å²) >= 11 is 0. The number of hydrogen-bond donors (Lipinski definition) is 3. The molecule has 0 radical (unpaired) electrons. The van der Waals surface area contributed by atoms with Crippen molar-refractivity contribution in [1.82, 2.24) is 0 Å². The number of rotatable bonds is 83. The van der Waals surface area contributed by atoms with Crippen LogP contribution < -0.4 is 0 Å². The van der Waals surface area contributed by atoms with E-state index in [0.717, 1.165) is 95.8 Å². The number of ether oxygens (including phenoxy) is 4. The van der Waals surface area contributed by atoms with Crippen molar-refractivity contribution in [3.8, 4) is 0 Å². The molecule has 0 fully saturated rings. The first-order valence-corrected chi connectivity index (χ1v) is 46.1. The number of aliphatic hydroxyl groups excluding tert-OH is 1. The summed E-state index contributed by atoms with van der Waals surface area (Å²) in [5, 5.41) is 10.7. The topological polar surface area (TPSA) is 237 Å². The average molecular weight is 1490 g/mol. The maximum Gasteiger partial charge on any atom is 0.472 e. The molecule has 606 valence electrons. The van der Waals surface area contributed by atoms with Crippen LogP contribution in [0.1, 0.15) is 446 Å². The van der Waals surface area contributed by atoms with Crippen LogP contribution in [0, 0.1) is 5.92 Å². The molecule has 0 amide bonds. The molecule has 0 bridgehead atoms. The molecule has 5 atom stereocenters. The van der Waals surface area contributed by atoms with Gasteiger partial charge in [-0.1, -0.05) is 394 Å². The maximum atomic E-state index is 13.1. The van der Waals surface area contributed by atoms with E-state index in [9.17, 15) is 43.2 Å². The Labute approximate surface area is 626 Å². The van der Waals surface area contributed by atoms with Crippen LogP contribution in [0.5, 0.6) is 0 Å². The standard InChI is InChI=1S/C83H162O17P2/c1-6-9-12-15-18-21-24-26-28-30-35-38-42-47-52-57-62-67-81(86)94-73-79(100-83(88)69-64-59-54-49-44-40-36-32-31-33-37-41-45-50-55-60-65-76(4)5)75-98-102(91,92)96-71-77(84)70-95-101(89,90)97-74-78(72-93-80(85)66-61-56-51-46-23-20-17-14-11-8-3)99-82(87)68-63-58-53-48-43-39-34-29-27-25-22-19-16-13-10-7-2/h76-79,84H,6-75H2,1-5H3,(H,89,90)(H,91,92)/t77-,78+,79+/m0/s1. The normalized spacial score (nSPS) is 13.8. The smallest absolute Gasteiger partial charge is 0.462 e. The molecule has 0 aromatic carbocycles. The Bertz CT molecular complexity index is 1940. The van der Waals surface area contributed by atoms with Crippen molar-refractivity contribution in [3.05, 3.63) is 0 Å². The fraction of sp³-hybridized carbons (Fsp3) is 0.952. The van der Waals surface area contributed by atoms with Gasteiger partial charge in [0.1, 0.15) is 19.3 Å². The highest BCUT2D eigenvalue weighted by atomic mass is 31.2. The molecule has 0 saturated heterocycles. The average Bonchev–Trinajstić information content (AvgIpc) is 1.01. The van der Waals surface area contributed by atoms with E-state index in [1.807, 2.05) is 0 Å². The quantitative estimate of drug-likeness (QED) is 0.0222. The lowest BCUT2D eigenvalue weighted by Gasteiger charge is -2.21. The summed E-state index contributed by atoms with van der Waals surface area (Å²) in [6, 6.07) is 0. The predicted molar refractivity (Wildman–Crippen MR) is 418 cm³/mol. The van der Waals surface area contributed by atoms with E-state index in [1.54, 1.807) is 0 Å². The summed E-state index contributed by atoms with van der Waals surface area (Å²) in [5.41, 5.74) is 0. The van der Waals surface area contributed by atoms with Gasteiger partial charge in [-0.2, -0.15) is 0 Å². The van der Waals surface area contributed by atoms with Gasteiger partial charge in [0.15, 0.2) is 12.2 Å². The molecular weight excluding hydrogens is 1330 g/mol. The van der Waals surface area contributed by atoms with E-state index in [-0.39, 0.29) is 25.7 Å². The van der Waals surface area contributed by atoms with Gasteiger partial charge in [-0.3, -0.25) is 37.3 Å². The second-order valence-corrected chi connectivity index (χ2v) is 33.3. The largest absolute Gasteiger partial charge is 0.472 e. The summed E-state index contributed by atoms with van der Waals surface area (Å²) in [6.45, 7) is 7.38. The van der Waals surface area contributed by atoms with Gasteiger partial charge in [0.2, 0.25) is 0 Å². The van der Waals surface area contributed by atoms with Gasteiger partial charge in [0, 0.05) is 25.7 Å². The first-order chi connectivity index (χ1) is 49.5. The van der Waals surface area contributed by atoms with Crippen LogP contribution in [0.25, 0.3) is 0 Å². The zero-order valence-corrected chi connectivity index (χ0v) is 68.5. The molecule has 3 N–H and O–H groups in total. The first-order valence-electron chi connectivity index (χ1n) is 43.1. The molecule has 0 heterocycles. The number of hydrogen-bond acceptors (Lipinski definition) is 15. The van der Waals surface area contributed by atoms with Crippen LogP contribution >= 0.6 is 15.6 Å². The molecule has 0 aliphatic carbocycles. The molecule has 102 heavy (non-hydrogen) atoms. The second kappa shape index (κ2) is 75.9. The Morgan fingerprint density at radius 2 is 0.451 bits per heavy atom. The first kappa shape index (κ1) is 100. The monoisotopic (exact) mass is 1490 g/mol. The molecule has 0 aliphatic heterocycles. The van der Waals surface area contributed by atoms with Crippen molar-refractivity contribution >= 4 is 39.5 Å². The lowest BCUT2D eigenvalue weighted by Crippen LogP contribution is -2.30. The van der Waals surface area contributed by atoms with Gasteiger partial charge in [0.05, 0.1) is 26.4 Å². The number of phosphoric acid groups is 2. The van der Waals surface area contributed by atoms with Crippen molar-refractivity contribution < 1.29 is 80.2 Å². The minimum absolute atomic E-state index is 0.109. The van der Waals surface area contributed by atoms with Crippen LogP contribution in [0.3, 0.4) is 0 Å². The molecule has 2 unspecified atom stereocenters. The third-order valence-corrected chi connectivity index (χ3v) is 21.4. The van der Waals surface area contributed by atoms with Crippen LogP contribution in [0.4, 0.5) is 0 Å². The Morgan fingerprint density at radius 3 is 0.667 bits per heavy atom. The van der Waals surface area contributed by atoms with Gasteiger partial charge in [0.25, 0.3) is 0 Å². The molecule has 17 nitrogen and oxygen atoms in total. The summed E-state index contributed by atoms with van der Waals surface area (Å²) in [5.74, 6) is -1.29. The fourth-order valence-electron chi connectivity index (χ4n) is 12.9. The van der Waals surface area contributed by atoms with E-state index >= 15 is 0 Å². The highest BCUT2D eigenvalue weighted by molar-refractivity contribution is 7.47. The van der Waals surface area contributed by atoms with Crippen molar-refractivity contribution in [1.29, 1.82) is 0 Å². The van der Waals surface area contributed by atoms with Crippen LogP contribution in [-0.2, 0) is 65.4 Å². The van der Waals surface area contributed by atoms with Gasteiger partial charge >= 0.3 is 39.5 Å². The number of esters is 4. The highest BCUT2D eigenvalue weighted by Gasteiger charge is 2.30. The number of carbonyl (C=O) groups excluding carboxylic acids is 4. The van der Waals surface area contributed by atoms with Crippen LogP contribution in [0.15, 0.2) is 0 Å². The Hall–Kier alpha value is -1.94. The molecule has 0 spiro atoms. The number of phosphoric ester groups is 2. The van der Waals surface area contributed by atoms with Crippen molar-refractivity contribution in [2.24, 2.45) is 5.92 Å². The minimum Gasteiger partial charge on any atom is -0.462 e. The summed E-state index contributed by atoms with van der Waals surface area (Å²) in [6.07, 6.45) is 67.9. The van der Waals surface area contributed by atoms with Gasteiger partial charge in [-0.05, 0) is 31.6 Å². The van der Waals surface area contributed by atoms with Gasteiger partial charge < -0.3 is 33.8 Å². The molecule has 0 rings (SSSR count). The van der Waals surface area contributed by atoms with E-state index in [4.69, 9.17) is 37.0 Å². The third kappa shape index (κ3) is 76.3. The summed E-state index contributed by atoms with van der Waals surface area (Å²) in [4.78, 5) is 73.1. The molecule has 0 aromatic rings. The van der Waals surface area contributed by atoms with E-state index in [2.05, 4.69) is 34.6 Å². The zero-order chi connectivity index (χ0) is 74.8. The molecule has 0 aromatic heterocycles. The molecule has 19 heteroatoms. The van der Waals surface area contributed by atoms with E-state index in [0.29, 0.717) is 25.7 Å². The van der Waals surface area contributed by atoms with Crippen LogP contribution in [-0.4, -0.2) is 96.7 Å². The van der Waals surface area contributed by atoms with Crippen molar-refractivity contribution in [2.75, 3.05) is 39.6 Å². The fourth-order valence-corrected chi connectivity index (χ4v) is 14.5. The Balaban J connectivity index is 5.23. The molecular formula is C83H162O17P2. The minimum atomic E-state index is -4.96. The second-order valence-electron chi connectivity index (χ2n) is 30.3. The summed E-state index contributed by atoms with van der Waals surface area (Å²) < 4.78 is 68.8. The number of carbonyl (C=O) groups is 4. The van der Waals surface area contributed by atoms with Gasteiger partial charge in [-0.15, -0.1) is 0 Å². The highest BCUT2D eigenvalue weighted by Crippen LogP contribution is 2.45. The Kier molecular flexibility index (Phi) is 74.4. The van der Waals surface area contributed by atoms with Crippen LogP contribution in [0.2, 0.25) is 0 Å². The van der Waals surface area contributed by atoms with E-state index < -0.39 is 97.5 Å². The number of aliphatic hydroxyl groups is 1. The van der Waals surface area contributed by atoms with E-state index in [1.165, 1.54) is 270 Å². The predicted octanol–water partition coefficient (Wildman–Crippen LogP) is 25.2.